The third-order valence-corrected chi connectivity index (χ3v) is 5.30. The van der Waals surface area contributed by atoms with Crippen LogP contribution in [0.1, 0.15) is 17.2 Å². The van der Waals surface area contributed by atoms with Crippen LogP contribution < -0.4 is 10.1 Å². The highest BCUT2D eigenvalue weighted by molar-refractivity contribution is 5.90. The molecule has 144 valence electrons. The molecule has 4 aromatic rings. The van der Waals surface area contributed by atoms with Gasteiger partial charge in [0, 0.05) is 29.6 Å². The van der Waals surface area contributed by atoms with E-state index in [9.17, 15) is 5.11 Å². The molecule has 6 nitrogen and oxygen atoms in total. The molecule has 0 saturated heterocycles. The summed E-state index contributed by atoms with van der Waals surface area (Å²) in [7, 11) is 1.58. The number of aromatic nitrogens is 3. The SMILES string of the molecule is COc1ccc(-c2nc(N[C@H]3c4ccccc4C[C@H]3O)c3ccccc3n2)cn1. The zero-order valence-corrected chi connectivity index (χ0v) is 15.9. The molecule has 0 aliphatic heterocycles. The van der Waals surface area contributed by atoms with E-state index in [4.69, 9.17) is 14.7 Å². The first-order chi connectivity index (χ1) is 14.2. The van der Waals surface area contributed by atoms with Crippen LogP contribution in [0.5, 0.6) is 5.88 Å². The Bertz CT molecular complexity index is 1180. The fraction of sp³-hybridized carbons (Fsp3) is 0.174. The molecule has 1 aliphatic rings. The van der Waals surface area contributed by atoms with Gasteiger partial charge in [-0.3, -0.25) is 0 Å². The van der Waals surface area contributed by atoms with Gasteiger partial charge < -0.3 is 15.2 Å². The van der Waals surface area contributed by atoms with Crippen LogP contribution in [0.2, 0.25) is 0 Å². The third-order valence-electron chi connectivity index (χ3n) is 5.30. The molecule has 0 radical (unpaired) electrons. The van der Waals surface area contributed by atoms with Crippen molar-refractivity contribution in [1.29, 1.82) is 0 Å². The van der Waals surface area contributed by atoms with Gasteiger partial charge in [-0.1, -0.05) is 36.4 Å². The molecule has 2 aromatic heterocycles. The molecule has 0 spiro atoms. The molecule has 0 amide bonds. The van der Waals surface area contributed by atoms with Crippen LogP contribution in [-0.2, 0) is 6.42 Å². The molecule has 0 saturated carbocycles. The molecule has 0 unspecified atom stereocenters. The second-order valence-corrected chi connectivity index (χ2v) is 7.09. The Balaban J connectivity index is 1.59. The molecule has 5 rings (SSSR count). The molecule has 2 atom stereocenters. The van der Waals surface area contributed by atoms with Crippen molar-refractivity contribution < 1.29 is 9.84 Å². The number of aliphatic hydroxyl groups excluding tert-OH is 1. The predicted molar refractivity (Wildman–Crippen MR) is 112 cm³/mol. The summed E-state index contributed by atoms with van der Waals surface area (Å²) in [4.78, 5) is 13.8. The number of para-hydroxylation sites is 1. The third kappa shape index (κ3) is 3.17. The number of ether oxygens (including phenoxy) is 1. The fourth-order valence-corrected chi connectivity index (χ4v) is 3.84. The van der Waals surface area contributed by atoms with Crippen LogP contribution in [0.25, 0.3) is 22.3 Å². The average molecular weight is 384 g/mol. The number of hydrogen-bond donors (Lipinski definition) is 2. The molecule has 29 heavy (non-hydrogen) atoms. The van der Waals surface area contributed by atoms with E-state index in [1.165, 1.54) is 0 Å². The van der Waals surface area contributed by atoms with E-state index in [1.807, 2.05) is 42.5 Å². The summed E-state index contributed by atoms with van der Waals surface area (Å²) < 4.78 is 5.14. The van der Waals surface area contributed by atoms with Crippen molar-refractivity contribution in [3.8, 4) is 17.3 Å². The molecule has 1 aliphatic carbocycles. The van der Waals surface area contributed by atoms with Gasteiger partial charge in [0.25, 0.3) is 0 Å². The lowest BCUT2D eigenvalue weighted by molar-refractivity contribution is 0.165. The standard InChI is InChI=1S/C23H20N4O2/c1-29-20-11-10-15(13-24-20)22-25-18-9-5-4-8-17(18)23(27-22)26-21-16-7-3-2-6-14(16)12-19(21)28/h2-11,13,19,21,28H,12H2,1H3,(H,25,26,27)/t19-,21+/m1/s1. The Morgan fingerprint density at radius 2 is 1.83 bits per heavy atom. The lowest BCUT2D eigenvalue weighted by Crippen LogP contribution is -2.22. The Labute approximate surface area is 168 Å². The quantitative estimate of drug-likeness (QED) is 0.558. The number of pyridine rings is 1. The number of hydrogen-bond acceptors (Lipinski definition) is 6. The molecular weight excluding hydrogens is 364 g/mol. The minimum atomic E-state index is -0.507. The van der Waals surface area contributed by atoms with Gasteiger partial charge >= 0.3 is 0 Å². The second-order valence-electron chi connectivity index (χ2n) is 7.09. The Hall–Kier alpha value is -3.51. The van der Waals surface area contributed by atoms with Gasteiger partial charge in [-0.05, 0) is 29.3 Å². The Morgan fingerprint density at radius 1 is 1.00 bits per heavy atom. The van der Waals surface area contributed by atoms with E-state index < -0.39 is 6.10 Å². The molecule has 2 aromatic carbocycles. The van der Waals surface area contributed by atoms with Gasteiger partial charge in [0.2, 0.25) is 5.88 Å². The zero-order chi connectivity index (χ0) is 19.8. The van der Waals surface area contributed by atoms with E-state index in [1.54, 1.807) is 19.4 Å². The van der Waals surface area contributed by atoms with Gasteiger partial charge in [0.15, 0.2) is 5.82 Å². The van der Waals surface area contributed by atoms with E-state index >= 15 is 0 Å². The summed E-state index contributed by atoms with van der Waals surface area (Å²) in [5, 5.41) is 15.0. The Morgan fingerprint density at radius 3 is 2.66 bits per heavy atom. The first-order valence-corrected chi connectivity index (χ1v) is 9.52. The number of benzene rings is 2. The number of fused-ring (bicyclic) bond motifs is 2. The van der Waals surface area contributed by atoms with Gasteiger partial charge in [-0.25, -0.2) is 15.0 Å². The smallest absolute Gasteiger partial charge is 0.212 e. The monoisotopic (exact) mass is 384 g/mol. The second kappa shape index (κ2) is 7.14. The Kier molecular flexibility index (Phi) is 4.33. The lowest BCUT2D eigenvalue weighted by atomic mass is 10.1. The number of rotatable bonds is 4. The van der Waals surface area contributed by atoms with Crippen molar-refractivity contribution in [3.63, 3.8) is 0 Å². The van der Waals surface area contributed by atoms with Crippen molar-refractivity contribution in [2.75, 3.05) is 12.4 Å². The van der Waals surface area contributed by atoms with E-state index in [2.05, 4.69) is 22.4 Å². The zero-order valence-electron chi connectivity index (χ0n) is 15.9. The van der Waals surface area contributed by atoms with Gasteiger partial charge in [0.05, 0.1) is 24.8 Å². The van der Waals surface area contributed by atoms with Crippen LogP contribution in [0.3, 0.4) is 0 Å². The number of nitrogens with zero attached hydrogens (tertiary/aromatic N) is 3. The van der Waals surface area contributed by atoms with Crippen LogP contribution in [0, 0.1) is 0 Å². The molecule has 2 heterocycles. The molecule has 2 N–H and O–H groups in total. The molecular formula is C23H20N4O2. The van der Waals surface area contributed by atoms with E-state index in [-0.39, 0.29) is 6.04 Å². The predicted octanol–water partition coefficient (Wildman–Crippen LogP) is 3.77. The summed E-state index contributed by atoms with van der Waals surface area (Å²) in [5.41, 5.74) is 3.90. The maximum atomic E-state index is 10.7. The maximum absolute atomic E-state index is 10.7. The van der Waals surface area contributed by atoms with Crippen molar-refractivity contribution >= 4 is 16.7 Å². The van der Waals surface area contributed by atoms with Crippen molar-refractivity contribution in [2.45, 2.75) is 18.6 Å². The van der Waals surface area contributed by atoms with Crippen LogP contribution in [0.4, 0.5) is 5.82 Å². The minimum Gasteiger partial charge on any atom is -0.481 e. The largest absolute Gasteiger partial charge is 0.481 e. The maximum Gasteiger partial charge on any atom is 0.212 e. The van der Waals surface area contributed by atoms with Crippen molar-refractivity contribution in [3.05, 3.63) is 78.0 Å². The highest BCUT2D eigenvalue weighted by atomic mass is 16.5. The molecule has 0 bridgehead atoms. The number of anilines is 1. The summed E-state index contributed by atoms with van der Waals surface area (Å²) in [5.74, 6) is 1.81. The van der Waals surface area contributed by atoms with Gasteiger partial charge in [-0.15, -0.1) is 0 Å². The fourth-order valence-electron chi connectivity index (χ4n) is 3.84. The van der Waals surface area contributed by atoms with Crippen LogP contribution in [-0.4, -0.2) is 33.3 Å². The number of aliphatic hydroxyl groups is 1. The lowest BCUT2D eigenvalue weighted by Gasteiger charge is -2.20. The van der Waals surface area contributed by atoms with Crippen LogP contribution >= 0.6 is 0 Å². The van der Waals surface area contributed by atoms with Gasteiger partial charge in [0.1, 0.15) is 5.82 Å². The normalized spacial score (nSPS) is 17.9. The summed E-state index contributed by atoms with van der Waals surface area (Å²) >= 11 is 0. The number of nitrogens with one attached hydrogen (secondary N) is 1. The van der Waals surface area contributed by atoms with Crippen molar-refractivity contribution in [2.24, 2.45) is 0 Å². The first kappa shape index (κ1) is 17.6. The van der Waals surface area contributed by atoms with E-state index in [0.717, 1.165) is 27.6 Å². The molecule has 0 fully saturated rings. The highest BCUT2D eigenvalue weighted by Gasteiger charge is 2.31. The first-order valence-electron chi connectivity index (χ1n) is 9.52. The van der Waals surface area contributed by atoms with Crippen LogP contribution in [0.15, 0.2) is 66.9 Å². The summed E-state index contributed by atoms with van der Waals surface area (Å²) in [6, 6.07) is 19.4. The average Bonchev–Trinajstić information content (AvgIpc) is 3.09. The van der Waals surface area contributed by atoms with Gasteiger partial charge in [-0.2, -0.15) is 0 Å². The number of methoxy groups -OCH3 is 1. The topological polar surface area (TPSA) is 80.2 Å². The highest BCUT2D eigenvalue weighted by Crippen LogP contribution is 2.35. The van der Waals surface area contributed by atoms with Crippen molar-refractivity contribution in [1.82, 2.24) is 15.0 Å². The summed E-state index contributed by atoms with van der Waals surface area (Å²) in [6.07, 6.45) is 1.82. The molecule has 6 heteroatoms. The van der Waals surface area contributed by atoms with E-state index in [0.29, 0.717) is 23.9 Å². The minimum absolute atomic E-state index is 0.216. The summed E-state index contributed by atoms with van der Waals surface area (Å²) in [6.45, 7) is 0.